The number of hydrogen-bond donors (Lipinski definition) is 0. The summed E-state index contributed by atoms with van der Waals surface area (Å²) in [6, 6.07) is 0. The molecule has 0 spiro atoms. The molecule has 1 saturated carbocycles. The van der Waals surface area contributed by atoms with Crippen LogP contribution in [0.25, 0.3) is 11.2 Å². The van der Waals surface area contributed by atoms with E-state index in [2.05, 4.69) is 4.98 Å². The number of carbonyl (C=O) groups is 2. The summed E-state index contributed by atoms with van der Waals surface area (Å²) in [5.41, 5.74) is -0.693. The minimum Gasteiger partial charge on any atom is -0.454 e. The lowest BCUT2D eigenvalue weighted by Gasteiger charge is -2.41. The van der Waals surface area contributed by atoms with Crippen molar-refractivity contribution >= 4 is 23.0 Å². The highest BCUT2D eigenvalue weighted by Gasteiger charge is 2.33. The van der Waals surface area contributed by atoms with Gasteiger partial charge in [0.15, 0.2) is 17.8 Å². The second-order valence-corrected chi connectivity index (χ2v) is 8.34. The lowest BCUT2D eigenvalue weighted by atomic mass is 9.75. The smallest absolute Gasteiger partial charge is 0.332 e. The van der Waals surface area contributed by atoms with E-state index in [0.29, 0.717) is 12.5 Å². The van der Waals surface area contributed by atoms with Gasteiger partial charge in [-0.3, -0.25) is 23.5 Å². The van der Waals surface area contributed by atoms with Gasteiger partial charge in [0.25, 0.3) is 11.5 Å². The Hall–Kier alpha value is -2.91. The second-order valence-electron chi connectivity index (χ2n) is 8.34. The standard InChI is InChI=1S/C20H27N5O5/c1-22-18-17(19(28)23(2)20(22)29)25(12-21-18)10-16(27)30-11-15(26)24-8-7-13-5-3-4-6-14(13)9-24/h12-14H,3-11H2,1-2H3/t13-,14+/m1/s1. The molecular formula is C20H27N5O5. The molecule has 3 heterocycles. The SMILES string of the molecule is Cn1c(=O)c2c(ncn2CC(=O)OCC(=O)N2CC[C@H]3CCCC[C@H]3C2)n(C)c1=O. The van der Waals surface area contributed by atoms with E-state index in [1.54, 1.807) is 4.90 Å². The molecule has 1 aliphatic carbocycles. The molecule has 1 saturated heterocycles. The first-order valence-electron chi connectivity index (χ1n) is 10.4. The Morgan fingerprint density at radius 3 is 2.60 bits per heavy atom. The minimum atomic E-state index is -0.633. The molecule has 30 heavy (non-hydrogen) atoms. The zero-order valence-corrected chi connectivity index (χ0v) is 17.4. The van der Waals surface area contributed by atoms with Gasteiger partial charge >= 0.3 is 11.7 Å². The molecule has 0 aromatic carbocycles. The maximum absolute atomic E-state index is 12.5. The number of esters is 1. The van der Waals surface area contributed by atoms with Crippen molar-refractivity contribution in [3.05, 3.63) is 27.2 Å². The average molecular weight is 417 g/mol. The molecule has 4 rings (SSSR count). The van der Waals surface area contributed by atoms with Gasteiger partial charge in [0.05, 0.1) is 6.33 Å². The van der Waals surface area contributed by atoms with Gasteiger partial charge in [0.1, 0.15) is 6.54 Å². The number of imidazole rings is 1. The molecule has 1 amide bonds. The fraction of sp³-hybridized carbons (Fsp3) is 0.650. The minimum absolute atomic E-state index is 0.141. The maximum atomic E-state index is 12.5. The highest BCUT2D eigenvalue weighted by atomic mass is 16.5. The van der Waals surface area contributed by atoms with E-state index >= 15 is 0 Å². The van der Waals surface area contributed by atoms with E-state index < -0.39 is 17.2 Å². The van der Waals surface area contributed by atoms with E-state index in [4.69, 9.17) is 4.74 Å². The van der Waals surface area contributed by atoms with Crippen LogP contribution in [0, 0.1) is 11.8 Å². The molecule has 2 aliphatic rings. The monoisotopic (exact) mass is 417 g/mol. The van der Waals surface area contributed by atoms with Gasteiger partial charge in [-0.25, -0.2) is 9.78 Å². The Bertz CT molecular complexity index is 1100. The zero-order valence-electron chi connectivity index (χ0n) is 17.4. The summed E-state index contributed by atoms with van der Waals surface area (Å²) in [7, 11) is 2.88. The molecule has 2 fully saturated rings. The number of rotatable bonds is 4. The molecule has 0 radical (unpaired) electrons. The van der Waals surface area contributed by atoms with Crippen molar-refractivity contribution < 1.29 is 14.3 Å². The van der Waals surface area contributed by atoms with Gasteiger partial charge < -0.3 is 14.2 Å². The third-order valence-corrected chi connectivity index (χ3v) is 6.52. The fourth-order valence-corrected chi connectivity index (χ4v) is 4.76. The maximum Gasteiger partial charge on any atom is 0.332 e. The van der Waals surface area contributed by atoms with Crippen molar-refractivity contribution in [3.8, 4) is 0 Å². The summed E-state index contributed by atoms with van der Waals surface area (Å²) < 4.78 is 8.74. The van der Waals surface area contributed by atoms with Crippen LogP contribution in [-0.4, -0.2) is 55.2 Å². The Kier molecular flexibility index (Phi) is 5.48. The van der Waals surface area contributed by atoms with Gasteiger partial charge in [0, 0.05) is 27.2 Å². The van der Waals surface area contributed by atoms with Gasteiger partial charge in [-0.2, -0.15) is 0 Å². The van der Waals surface area contributed by atoms with Crippen molar-refractivity contribution in [2.45, 2.75) is 38.6 Å². The molecule has 1 aliphatic heterocycles. The molecule has 2 aromatic heterocycles. The molecule has 162 valence electrons. The molecule has 2 atom stereocenters. The number of likely N-dealkylation sites (tertiary alicyclic amines) is 1. The number of aromatic nitrogens is 4. The van der Waals surface area contributed by atoms with Crippen LogP contribution in [0.4, 0.5) is 0 Å². The molecule has 10 heteroatoms. The summed E-state index contributed by atoms with van der Waals surface area (Å²) in [5.74, 6) is 0.470. The molecule has 0 unspecified atom stereocenters. The highest BCUT2D eigenvalue weighted by molar-refractivity contribution is 5.81. The number of amides is 1. The largest absolute Gasteiger partial charge is 0.454 e. The van der Waals surface area contributed by atoms with E-state index in [-0.39, 0.29) is 30.2 Å². The van der Waals surface area contributed by atoms with Crippen LogP contribution in [0.3, 0.4) is 0 Å². The molecule has 2 aromatic rings. The van der Waals surface area contributed by atoms with Crippen LogP contribution >= 0.6 is 0 Å². The summed E-state index contributed by atoms with van der Waals surface area (Å²) >= 11 is 0. The quantitative estimate of drug-likeness (QED) is 0.649. The predicted octanol–water partition coefficient (Wildman–Crippen LogP) is 0.0156. The molecule has 0 N–H and O–H groups in total. The van der Waals surface area contributed by atoms with E-state index in [1.807, 2.05) is 0 Å². The number of piperidine rings is 1. The van der Waals surface area contributed by atoms with Crippen LogP contribution in [0.2, 0.25) is 0 Å². The van der Waals surface area contributed by atoms with Crippen LogP contribution in [0.1, 0.15) is 32.1 Å². The van der Waals surface area contributed by atoms with Crippen molar-refractivity contribution in [3.63, 3.8) is 0 Å². The normalized spacial score (nSPS) is 21.5. The predicted molar refractivity (Wildman–Crippen MR) is 108 cm³/mol. The van der Waals surface area contributed by atoms with Crippen LogP contribution in [0.5, 0.6) is 0 Å². The third-order valence-electron chi connectivity index (χ3n) is 6.52. The summed E-state index contributed by atoms with van der Waals surface area (Å²) in [4.78, 5) is 55.1. The third kappa shape index (κ3) is 3.66. The summed E-state index contributed by atoms with van der Waals surface area (Å²) in [6.07, 6.45) is 7.27. The molecule has 0 bridgehead atoms. The van der Waals surface area contributed by atoms with Gasteiger partial charge in [-0.15, -0.1) is 0 Å². The topological polar surface area (TPSA) is 108 Å². The number of nitrogens with zero attached hydrogens (tertiary/aromatic N) is 5. The summed E-state index contributed by atoms with van der Waals surface area (Å²) in [5, 5.41) is 0. The summed E-state index contributed by atoms with van der Waals surface area (Å²) in [6.45, 7) is 0.895. The average Bonchev–Trinajstić information content (AvgIpc) is 3.17. The first-order valence-corrected chi connectivity index (χ1v) is 10.4. The van der Waals surface area contributed by atoms with E-state index in [1.165, 1.54) is 55.2 Å². The molecule has 10 nitrogen and oxygen atoms in total. The first kappa shape index (κ1) is 20.4. The highest BCUT2D eigenvalue weighted by Crippen LogP contribution is 2.35. The van der Waals surface area contributed by atoms with Crippen molar-refractivity contribution in [2.24, 2.45) is 25.9 Å². The number of hydrogen-bond acceptors (Lipinski definition) is 6. The number of ether oxygens (including phenoxy) is 1. The Morgan fingerprint density at radius 1 is 1.10 bits per heavy atom. The first-order chi connectivity index (χ1) is 14.4. The van der Waals surface area contributed by atoms with E-state index in [0.717, 1.165) is 23.5 Å². The van der Waals surface area contributed by atoms with Crippen LogP contribution in [0.15, 0.2) is 15.9 Å². The Labute approximate surface area is 173 Å². The number of fused-ring (bicyclic) bond motifs is 2. The van der Waals surface area contributed by atoms with Crippen LogP contribution < -0.4 is 11.2 Å². The van der Waals surface area contributed by atoms with Gasteiger partial charge in [0.2, 0.25) is 0 Å². The van der Waals surface area contributed by atoms with Crippen molar-refractivity contribution in [1.82, 2.24) is 23.6 Å². The Balaban J connectivity index is 1.38. The lowest BCUT2D eigenvalue weighted by molar-refractivity contribution is -0.153. The molecular weight excluding hydrogens is 390 g/mol. The van der Waals surface area contributed by atoms with E-state index in [9.17, 15) is 19.2 Å². The van der Waals surface area contributed by atoms with Crippen LogP contribution in [-0.2, 0) is 35.0 Å². The fourth-order valence-electron chi connectivity index (χ4n) is 4.76. The van der Waals surface area contributed by atoms with Crippen molar-refractivity contribution in [2.75, 3.05) is 19.7 Å². The van der Waals surface area contributed by atoms with Crippen molar-refractivity contribution in [1.29, 1.82) is 0 Å². The lowest BCUT2D eigenvalue weighted by Crippen LogP contribution is -2.46. The van der Waals surface area contributed by atoms with Gasteiger partial charge in [-0.1, -0.05) is 19.3 Å². The van der Waals surface area contributed by atoms with Gasteiger partial charge in [-0.05, 0) is 24.7 Å². The second kappa shape index (κ2) is 8.08. The number of carbonyl (C=O) groups excluding carboxylic acids is 2. The zero-order chi connectivity index (χ0) is 21.4. The number of aryl methyl sites for hydroxylation is 1. The Morgan fingerprint density at radius 2 is 1.83 bits per heavy atom.